The van der Waals surface area contributed by atoms with Crippen molar-refractivity contribution in [1.29, 1.82) is 0 Å². The molecule has 9 heteroatoms. The van der Waals surface area contributed by atoms with Gasteiger partial charge in [-0.05, 0) is 63.2 Å². The molecule has 0 aliphatic rings. The Labute approximate surface area is 175 Å². The first kappa shape index (κ1) is 20.8. The third-order valence-electron chi connectivity index (χ3n) is 4.01. The van der Waals surface area contributed by atoms with Crippen LogP contribution < -0.4 is 10.0 Å². The van der Waals surface area contributed by atoms with Crippen LogP contribution in [0.15, 0.2) is 64.5 Å². The van der Waals surface area contributed by atoms with E-state index in [1.54, 1.807) is 56.3 Å². The summed E-state index contributed by atoms with van der Waals surface area (Å²) >= 11 is 5.96. The second-order valence-corrected chi connectivity index (χ2v) is 8.70. The zero-order valence-electron chi connectivity index (χ0n) is 16.2. The molecule has 0 radical (unpaired) electrons. The standard InChI is InChI=1S/C20H20ClN5O2S/c1-13-4-10-18(11-5-13)29(27,28)26(17-8-6-16(21)7-9-17)19(22)25-20-23-14(2)12-15(3)24-20/h4-12H,1-3H3,(H2,22,23,24,25). The Morgan fingerprint density at radius 2 is 1.52 bits per heavy atom. The Hall–Kier alpha value is -2.97. The van der Waals surface area contributed by atoms with Crippen molar-refractivity contribution in [1.82, 2.24) is 9.97 Å². The molecule has 0 unspecified atom stereocenters. The summed E-state index contributed by atoms with van der Waals surface area (Å²) in [5.74, 6) is -0.198. The zero-order chi connectivity index (χ0) is 21.2. The van der Waals surface area contributed by atoms with Crippen LogP contribution in [-0.4, -0.2) is 24.3 Å². The highest BCUT2D eigenvalue weighted by Crippen LogP contribution is 2.26. The fraction of sp³-hybridized carbons (Fsp3) is 0.150. The molecule has 0 saturated carbocycles. The minimum Gasteiger partial charge on any atom is -0.368 e. The Morgan fingerprint density at radius 3 is 2.07 bits per heavy atom. The summed E-state index contributed by atoms with van der Waals surface area (Å²) in [5.41, 5.74) is 8.78. The number of benzene rings is 2. The first-order chi connectivity index (χ1) is 13.7. The van der Waals surface area contributed by atoms with E-state index < -0.39 is 10.0 Å². The van der Waals surface area contributed by atoms with Crippen molar-refractivity contribution >= 4 is 39.2 Å². The maximum Gasteiger partial charge on any atom is 0.271 e. The summed E-state index contributed by atoms with van der Waals surface area (Å²) in [6.07, 6.45) is 0. The van der Waals surface area contributed by atoms with Gasteiger partial charge in [-0.3, -0.25) is 0 Å². The van der Waals surface area contributed by atoms with Crippen molar-refractivity contribution in [2.75, 3.05) is 4.31 Å². The van der Waals surface area contributed by atoms with Crippen molar-refractivity contribution in [3.05, 3.63) is 76.6 Å². The molecule has 0 aliphatic heterocycles. The summed E-state index contributed by atoms with van der Waals surface area (Å²) in [4.78, 5) is 12.7. The summed E-state index contributed by atoms with van der Waals surface area (Å²) in [6.45, 7) is 5.47. The third kappa shape index (κ3) is 4.72. The molecule has 7 nitrogen and oxygen atoms in total. The number of sulfonamides is 1. The van der Waals surface area contributed by atoms with Gasteiger partial charge in [0.15, 0.2) is 0 Å². The minimum absolute atomic E-state index is 0.0811. The van der Waals surface area contributed by atoms with E-state index in [0.29, 0.717) is 22.1 Å². The number of aromatic nitrogens is 2. The summed E-state index contributed by atoms with van der Waals surface area (Å²) in [6, 6.07) is 14.5. The fourth-order valence-corrected chi connectivity index (χ4v) is 4.19. The molecule has 0 aliphatic carbocycles. The lowest BCUT2D eigenvalue weighted by molar-refractivity contribution is 0.597. The predicted molar refractivity (Wildman–Crippen MR) is 115 cm³/mol. The minimum atomic E-state index is -4.04. The topological polar surface area (TPSA) is 102 Å². The third-order valence-corrected chi connectivity index (χ3v) is 6.01. The number of hydrogen-bond acceptors (Lipinski definition) is 5. The second-order valence-electron chi connectivity index (χ2n) is 6.48. The summed E-state index contributed by atoms with van der Waals surface area (Å²) < 4.78 is 27.7. The molecule has 29 heavy (non-hydrogen) atoms. The molecule has 0 spiro atoms. The normalized spacial score (nSPS) is 12.1. The molecule has 3 aromatic rings. The first-order valence-corrected chi connectivity index (χ1v) is 10.5. The maximum atomic E-state index is 13.4. The molecule has 3 rings (SSSR count). The Morgan fingerprint density at radius 1 is 0.966 bits per heavy atom. The van der Waals surface area contributed by atoms with Crippen LogP contribution >= 0.6 is 11.6 Å². The summed E-state index contributed by atoms with van der Waals surface area (Å²) in [7, 11) is -4.04. The highest BCUT2D eigenvalue weighted by atomic mass is 35.5. The quantitative estimate of drug-likeness (QED) is 0.500. The van der Waals surface area contributed by atoms with Gasteiger partial charge in [0.05, 0.1) is 10.6 Å². The van der Waals surface area contributed by atoms with Crippen molar-refractivity contribution in [2.24, 2.45) is 10.7 Å². The molecule has 0 saturated heterocycles. The molecular formula is C20H20ClN5O2S. The number of aryl methyl sites for hydroxylation is 3. The summed E-state index contributed by atoms with van der Waals surface area (Å²) in [5, 5.41) is 0.467. The number of rotatable bonds is 4. The Kier molecular flexibility index (Phi) is 5.86. The van der Waals surface area contributed by atoms with E-state index in [9.17, 15) is 8.42 Å². The average Bonchev–Trinajstić information content (AvgIpc) is 2.63. The molecule has 2 aromatic carbocycles. The van der Waals surface area contributed by atoms with Crippen LogP contribution in [0.3, 0.4) is 0 Å². The number of guanidine groups is 1. The number of aliphatic imine (C=N–C) groups is 1. The lowest BCUT2D eigenvalue weighted by atomic mass is 10.2. The Bertz CT molecular complexity index is 1140. The highest BCUT2D eigenvalue weighted by Gasteiger charge is 2.28. The van der Waals surface area contributed by atoms with E-state index in [2.05, 4.69) is 15.0 Å². The number of halogens is 1. The average molecular weight is 430 g/mol. The molecule has 2 N–H and O–H groups in total. The van der Waals surface area contributed by atoms with Crippen LogP contribution in [0.4, 0.5) is 11.6 Å². The van der Waals surface area contributed by atoms with E-state index in [1.807, 2.05) is 6.92 Å². The van der Waals surface area contributed by atoms with E-state index >= 15 is 0 Å². The zero-order valence-corrected chi connectivity index (χ0v) is 17.7. The molecular weight excluding hydrogens is 410 g/mol. The van der Waals surface area contributed by atoms with Crippen LogP contribution in [0.1, 0.15) is 17.0 Å². The maximum absolute atomic E-state index is 13.4. The van der Waals surface area contributed by atoms with Gasteiger partial charge in [0.2, 0.25) is 5.96 Å². The van der Waals surface area contributed by atoms with Crippen molar-refractivity contribution in [3.63, 3.8) is 0 Å². The SMILES string of the molecule is Cc1ccc(S(=O)(=O)N(C(N)=Nc2nc(C)cc(C)n2)c2ccc(Cl)cc2)cc1. The van der Waals surface area contributed by atoms with Gasteiger partial charge in [0.25, 0.3) is 16.0 Å². The highest BCUT2D eigenvalue weighted by molar-refractivity contribution is 7.93. The van der Waals surface area contributed by atoms with Crippen LogP contribution in [0, 0.1) is 20.8 Å². The predicted octanol–water partition coefficient (Wildman–Crippen LogP) is 3.90. The van der Waals surface area contributed by atoms with Gasteiger partial charge >= 0.3 is 0 Å². The number of hydrogen-bond donors (Lipinski definition) is 1. The van der Waals surface area contributed by atoms with Gasteiger partial charge in [-0.1, -0.05) is 29.3 Å². The van der Waals surface area contributed by atoms with Crippen LogP contribution in [-0.2, 0) is 10.0 Å². The molecule has 1 heterocycles. The second kappa shape index (κ2) is 8.18. The van der Waals surface area contributed by atoms with Gasteiger partial charge in [-0.15, -0.1) is 0 Å². The molecule has 1 aromatic heterocycles. The van der Waals surface area contributed by atoms with Crippen molar-refractivity contribution < 1.29 is 8.42 Å². The smallest absolute Gasteiger partial charge is 0.271 e. The van der Waals surface area contributed by atoms with E-state index in [1.165, 1.54) is 12.1 Å². The van der Waals surface area contributed by atoms with Gasteiger partial charge in [-0.2, -0.15) is 4.99 Å². The van der Waals surface area contributed by atoms with E-state index in [4.69, 9.17) is 17.3 Å². The number of nitrogens with zero attached hydrogens (tertiary/aromatic N) is 4. The van der Waals surface area contributed by atoms with Crippen molar-refractivity contribution in [2.45, 2.75) is 25.7 Å². The van der Waals surface area contributed by atoms with Crippen LogP contribution in [0.5, 0.6) is 0 Å². The first-order valence-electron chi connectivity index (χ1n) is 8.71. The molecule has 0 bridgehead atoms. The lowest BCUT2D eigenvalue weighted by Gasteiger charge is -2.23. The van der Waals surface area contributed by atoms with Crippen molar-refractivity contribution in [3.8, 4) is 0 Å². The van der Waals surface area contributed by atoms with Gasteiger partial charge in [0.1, 0.15) is 0 Å². The van der Waals surface area contributed by atoms with Gasteiger partial charge < -0.3 is 5.73 Å². The van der Waals surface area contributed by atoms with Crippen LogP contribution in [0.2, 0.25) is 5.02 Å². The Balaban J connectivity index is 2.16. The lowest BCUT2D eigenvalue weighted by Crippen LogP contribution is -2.42. The molecule has 150 valence electrons. The number of nitrogens with two attached hydrogens (primary N) is 1. The van der Waals surface area contributed by atoms with E-state index in [-0.39, 0.29) is 16.8 Å². The molecule has 0 amide bonds. The van der Waals surface area contributed by atoms with Gasteiger partial charge in [-0.25, -0.2) is 22.7 Å². The number of anilines is 1. The fourth-order valence-electron chi connectivity index (χ4n) is 2.69. The van der Waals surface area contributed by atoms with E-state index in [0.717, 1.165) is 9.87 Å². The molecule has 0 atom stereocenters. The monoisotopic (exact) mass is 429 g/mol. The largest absolute Gasteiger partial charge is 0.368 e. The van der Waals surface area contributed by atoms with Crippen LogP contribution in [0.25, 0.3) is 0 Å². The molecule has 0 fully saturated rings. The van der Waals surface area contributed by atoms with Gasteiger partial charge in [0, 0.05) is 16.4 Å².